The van der Waals surface area contributed by atoms with Crippen LogP contribution in [-0.4, -0.2) is 76.2 Å². The van der Waals surface area contributed by atoms with Crippen molar-refractivity contribution in [2.45, 2.75) is 31.8 Å². The van der Waals surface area contributed by atoms with Crippen LogP contribution in [-0.2, 0) is 11.3 Å². The minimum absolute atomic E-state index is 0.224. The summed E-state index contributed by atoms with van der Waals surface area (Å²) in [5.41, 5.74) is 8.54. The predicted octanol–water partition coefficient (Wildman–Crippen LogP) is 1.58. The van der Waals surface area contributed by atoms with E-state index in [9.17, 15) is 4.79 Å². The average molecular weight is 383 g/mol. The van der Waals surface area contributed by atoms with Crippen molar-refractivity contribution in [3.05, 3.63) is 42.2 Å². The summed E-state index contributed by atoms with van der Waals surface area (Å²) >= 11 is 0. The van der Waals surface area contributed by atoms with Crippen molar-refractivity contribution < 1.29 is 4.79 Å². The van der Waals surface area contributed by atoms with Crippen LogP contribution in [0.1, 0.15) is 24.8 Å². The van der Waals surface area contributed by atoms with E-state index in [0.717, 1.165) is 49.2 Å². The molecule has 1 saturated heterocycles. The van der Waals surface area contributed by atoms with Gasteiger partial charge < -0.3 is 10.6 Å². The molecule has 7 nitrogen and oxygen atoms in total. The molecule has 1 aliphatic heterocycles. The summed E-state index contributed by atoms with van der Waals surface area (Å²) in [6.07, 6.45) is 7.89. The Morgan fingerprint density at radius 1 is 1.18 bits per heavy atom. The molecular weight excluding hydrogens is 352 g/mol. The van der Waals surface area contributed by atoms with E-state index in [0.29, 0.717) is 13.1 Å². The van der Waals surface area contributed by atoms with Gasteiger partial charge in [-0.25, -0.2) is 4.68 Å². The molecule has 28 heavy (non-hydrogen) atoms. The second-order valence-electron chi connectivity index (χ2n) is 8.06. The Bertz CT molecular complexity index is 789. The number of nitrogen functional groups attached to an aromatic ring is 1. The van der Waals surface area contributed by atoms with Crippen molar-refractivity contribution in [2.24, 2.45) is 0 Å². The quantitative estimate of drug-likeness (QED) is 0.768. The first-order valence-electron chi connectivity index (χ1n) is 10.2. The van der Waals surface area contributed by atoms with Gasteiger partial charge >= 0.3 is 0 Å². The fourth-order valence-corrected chi connectivity index (χ4v) is 4.00. The molecule has 0 radical (unpaired) electrons. The first-order chi connectivity index (χ1) is 13.6. The van der Waals surface area contributed by atoms with Crippen LogP contribution in [0.3, 0.4) is 0 Å². The van der Waals surface area contributed by atoms with Crippen LogP contribution in [0, 0.1) is 0 Å². The average Bonchev–Trinajstić information content (AvgIpc) is 3.09. The van der Waals surface area contributed by atoms with Crippen LogP contribution < -0.4 is 5.73 Å². The Kier molecular flexibility index (Phi) is 5.64. The van der Waals surface area contributed by atoms with Crippen molar-refractivity contribution in [3.8, 4) is 5.69 Å². The van der Waals surface area contributed by atoms with Gasteiger partial charge in [0.15, 0.2) is 0 Å². The Hall–Kier alpha value is -2.38. The Labute approximate surface area is 166 Å². The highest BCUT2D eigenvalue weighted by Crippen LogP contribution is 2.25. The number of hydrogen-bond acceptors (Lipinski definition) is 5. The minimum Gasteiger partial charge on any atom is -0.399 e. The minimum atomic E-state index is 0.224. The zero-order chi connectivity index (χ0) is 19.5. The van der Waals surface area contributed by atoms with E-state index < -0.39 is 0 Å². The van der Waals surface area contributed by atoms with Crippen molar-refractivity contribution in [1.82, 2.24) is 24.5 Å². The SMILES string of the molecule is CN(CC(=O)N1CCN(C2CCC2)CC1)Cc1cnn(-c2ccc(N)cc2)c1. The summed E-state index contributed by atoms with van der Waals surface area (Å²) in [5.74, 6) is 0.224. The van der Waals surface area contributed by atoms with Crippen LogP contribution in [0.5, 0.6) is 0 Å². The molecule has 1 aromatic heterocycles. The van der Waals surface area contributed by atoms with Gasteiger partial charge in [0, 0.05) is 56.2 Å². The molecule has 1 aromatic carbocycles. The van der Waals surface area contributed by atoms with Crippen LogP contribution in [0.25, 0.3) is 5.69 Å². The van der Waals surface area contributed by atoms with Gasteiger partial charge in [0.05, 0.1) is 18.4 Å². The first-order valence-corrected chi connectivity index (χ1v) is 10.2. The lowest BCUT2D eigenvalue weighted by Crippen LogP contribution is -2.54. The van der Waals surface area contributed by atoms with E-state index in [1.807, 2.05) is 53.3 Å². The van der Waals surface area contributed by atoms with Crippen molar-refractivity contribution in [2.75, 3.05) is 45.5 Å². The molecule has 2 heterocycles. The molecule has 0 spiro atoms. The molecule has 2 aliphatic rings. The highest BCUT2D eigenvalue weighted by molar-refractivity contribution is 5.78. The van der Waals surface area contributed by atoms with E-state index >= 15 is 0 Å². The molecule has 4 rings (SSSR count). The fraction of sp³-hybridized carbons (Fsp3) is 0.524. The number of amides is 1. The molecule has 2 N–H and O–H groups in total. The van der Waals surface area contributed by atoms with Gasteiger partial charge in [-0.05, 0) is 44.2 Å². The first kappa shape index (κ1) is 19.0. The summed E-state index contributed by atoms with van der Waals surface area (Å²) in [7, 11) is 1.99. The van der Waals surface area contributed by atoms with Gasteiger partial charge in [-0.3, -0.25) is 14.6 Å². The maximum absolute atomic E-state index is 12.7. The molecule has 0 unspecified atom stereocenters. The van der Waals surface area contributed by atoms with Crippen LogP contribution in [0.2, 0.25) is 0 Å². The van der Waals surface area contributed by atoms with E-state index in [2.05, 4.69) is 14.9 Å². The number of carbonyl (C=O) groups excluding carboxylic acids is 1. The standard InChI is InChI=1S/C21H30N6O/c1-24(14-17-13-23-27(15-17)20-7-5-18(22)6-8-20)16-21(28)26-11-9-25(10-12-26)19-3-2-4-19/h5-8,13,15,19H,2-4,9-12,14,16,22H2,1H3. The maximum Gasteiger partial charge on any atom is 0.236 e. The molecule has 150 valence electrons. The van der Waals surface area contributed by atoms with Gasteiger partial charge in [-0.2, -0.15) is 5.10 Å². The zero-order valence-corrected chi connectivity index (χ0v) is 16.6. The molecule has 1 aliphatic carbocycles. The lowest BCUT2D eigenvalue weighted by molar-refractivity contribution is -0.134. The third-order valence-corrected chi connectivity index (χ3v) is 5.91. The van der Waals surface area contributed by atoms with Crippen LogP contribution in [0.4, 0.5) is 5.69 Å². The number of carbonyl (C=O) groups is 1. The topological polar surface area (TPSA) is 70.6 Å². The smallest absolute Gasteiger partial charge is 0.236 e. The lowest BCUT2D eigenvalue weighted by Gasteiger charge is -2.43. The number of benzene rings is 1. The highest BCUT2D eigenvalue weighted by atomic mass is 16.2. The highest BCUT2D eigenvalue weighted by Gasteiger charge is 2.29. The lowest BCUT2D eigenvalue weighted by atomic mass is 9.91. The Morgan fingerprint density at radius 3 is 2.54 bits per heavy atom. The third-order valence-electron chi connectivity index (χ3n) is 5.91. The van der Waals surface area contributed by atoms with Crippen LogP contribution >= 0.6 is 0 Å². The number of rotatable bonds is 6. The molecule has 2 fully saturated rings. The van der Waals surface area contributed by atoms with Crippen molar-refractivity contribution in [1.29, 1.82) is 0 Å². The number of nitrogens with two attached hydrogens (primary N) is 1. The van der Waals surface area contributed by atoms with Crippen molar-refractivity contribution in [3.63, 3.8) is 0 Å². The molecule has 1 saturated carbocycles. The summed E-state index contributed by atoms with van der Waals surface area (Å²) in [5, 5.41) is 4.42. The Balaban J connectivity index is 1.25. The van der Waals surface area contributed by atoms with E-state index in [1.54, 1.807) is 0 Å². The second kappa shape index (κ2) is 8.32. The molecule has 0 bridgehead atoms. The summed E-state index contributed by atoms with van der Waals surface area (Å²) in [6, 6.07) is 8.40. The molecule has 0 atom stereocenters. The van der Waals surface area contributed by atoms with Crippen molar-refractivity contribution >= 4 is 11.6 Å². The van der Waals surface area contributed by atoms with Gasteiger partial charge in [-0.15, -0.1) is 0 Å². The molecular formula is C21H30N6O. The van der Waals surface area contributed by atoms with E-state index in [4.69, 9.17) is 5.73 Å². The maximum atomic E-state index is 12.7. The van der Waals surface area contributed by atoms with Gasteiger partial charge in [0.1, 0.15) is 0 Å². The van der Waals surface area contributed by atoms with E-state index in [1.165, 1.54) is 19.3 Å². The largest absolute Gasteiger partial charge is 0.399 e. The van der Waals surface area contributed by atoms with Gasteiger partial charge in [-0.1, -0.05) is 6.42 Å². The summed E-state index contributed by atoms with van der Waals surface area (Å²) in [4.78, 5) is 19.3. The fourth-order valence-electron chi connectivity index (χ4n) is 4.00. The number of anilines is 1. The zero-order valence-electron chi connectivity index (χ0n) is 16.6. The van der Waals surface area contributed by atoms with Gasteiger partial charge in [0.2, 0.25) is 5.91 Å². The molecule has 1 amide bonds. The van der Waals surface area contributed by atoms with E-state index in [-0.39, 0.29) is 5.91 Å². The van der Waals surface area contributed by atoms with Crippen LogP contribution in [0.15, 0.2) is 36.7 Å². The number of hydrogen-bond donors (Lipinski definition) is 1. The summed E-state index contributed by atoms with van der Waals surface area (Å²) in [6.45, 7) is 4.90. The van der Waals surface area contributed by atoms with Gasteiger partial charge in [0.25, 0.3) is 0 Å². The number of piperazine rings is 1. The molecule has 2 aromatic rings. The summed E-state index contributed by atoms with van der Waals surface area (Å²) < 4.78 is 1.84. The normalized spacial score (nSPS) is 18.4. The number of aromatic nitrogens is 2. The predicted molar refractivity (Wildman–Crippen MR) is 110 cm³/mol. The Morgan fingerprint density at radius 2 is 1.89 bits per heavy atom. The third kappa shape index (κ3) is 4.36. The number of likely N-dealkylation sites (N-methyl/N-ethyl adjacent to an activating group) is 1. The number of nitrogens with zero attached hydrogens (tertiary/aromatic N) is 5. The monoisotopic (exact) mass is 382 g/mol. The second-order valence-corrected chi connectivity index (χ2v) is 8.06. The molecule has 7 heteroatoms.